The van der Waals surface area contributed by atoms with Crippen molar-refractivity contribution in [3.05, 3.63) is 199 Å². The van der Waals surface area contributed by atoms with Crippen LogP contribution in [0, 0.1) is 0 Å². The molecule has 12 rings (SSSR count). The van der Waals surface area contributed by atoms with E-state index in [1.807, 2.05) is 36.4 Å². The predicted molar refractivity (Wildman–Crippen MR) is 273 cm³/mol. The van der Waals surface area contributed by atoms with Gasteiger partial charge in [-0.05, 0) is 105 Å². The lowest BCUT2D eigenvalue weighted by molar-refractivity contribution is -0.741. The molecule has 4 heterocycles. The number of benzene rings is 7. The molecule has 10 aromatic rings. The number of pyridine rings is 1. The Kier molecular flexibility index (Phi) is 9.27. The first-order valence-corrected chi connectivity index (χ1v) is 23.4. The van der Waals surface area contributed by atoms with Crippen molar-refractivity contribution >= 4 is 27.4 Å². The van der Waals surface area contributed by atoms with Crippen molar-refractivity contribution in [2.24, 2.45) is 0 Å². The van der Waals surface area contributed by atoms with Gasteiger partial charge in [0.2, 0.25) is 11.6 Å². The summed E-state index contributed by atoms with van der Waals surface area (Å²) in [6, 6.07) is 60.7. The maximum atomic E-state index is 6.05. The van der Waals surface area contributed by atoms with Crippen molar-refractivity contribution in [1.82, 2.24) is 19.5 Å². The van der Waals surface area contributed by atoms with Crippen molar-refractivity contribution in [1.29, 1.82) is 0 Å². The molecule has 3 aromatic heterocycles. The molecule has 2 aliphatic rings. The van der Waals surface area contributed by atoms with Crippen molar-refractivity contribution in [3.63, 3.8) is 0 Å². The predicted octanol–water partition coefficient (Wildman–Crippen LogP) is 14.4. The third-order valence-corrected chi connectivity index (χ3v) is 14.8. The molecule has 0 spiro atoms. The minimum absolute atomic E-state index is 0.159. The lowest BCUT2D eigenvalue weighted by Crippen LogP contribution is -2.59. The SMILES string of the molecule is C=C1c2ccc(-c3cc(OC)cc(-c4ccc5c(c4)c4cc6c(cc4n5-c4nc(-c5ccccc5)nc(-c5ccccc5)n4)C(C)(C)c4ccccc4-6)c3)cc2-c2cccc[n+]2C1(CC)CC. The normalized spacial score (nSPS) is 14.1. The number of ether oxygens (including phenoxy) is 1. The fraction of sp³-hybridized carbons (Fsp3) is 0.148. The van der Waals surface area contributed by atoms with E-state index in [4.69, 9.17) is 26.3 Å². The number of aromatic nitrogens is 5. The third-order valence-electron chi connectivity index (χ3n) is 14.8. The minimum atomic E-state index is -0.202. The summed E-state index contributed by atoms with van der Waals surface area (Å²) in [5.41, 5.74) is 17.9. The molecule has 0 amide bonds. The highest BCUT2D eigenvalue weighted by molar-refractivity contribution is 6.12. The van der Waals surface area contributed by atoms with E-state index in [1.165, 1.54) is 44.6 Å². The molecule has 0 atom stereocenters. The van der Waals surface area contributed by atoms with Crippen LogP contribution >= 0.6 is 0 Å². The summed E-state index contributed by atoms with van der Waals surface area (Å²) in [5, 5.41) is 2.25. The van der Waals surface area contributed by atoms with Crippen molar-refractivity contribution in [3.8, 4) is 79.1 Å². The third kappa shape index (κ3) is 6.16. The molecule has 324 valence electrons. The Morgan fingerprint density at radius 2 is 1.15 bits per heavy atom. The van der Waals surface area contributed by atoms with E-state index in [9.17, 15) is 0 Å². The molecule has 0 saturated carbocycles. The van der Waals surface area contributed by atoms with Gasteiger partial charge in [0.1, 0.15) is 5.75 Å². The molecule has 1 aliphatic heterocycles. The van der Waals surface area contributed by atoms with Crippen molar-refractivity contribution in [2.45, 2.75) is 51.5 Å². The Balaban J connectivity index is 1.07. The van der Waals surface area contributed by atoms with E-state index in [-0.39, 0.29) is 11.0 Å². The zero-order valence-electron chi connectivity index (χ0n) is 38.5. The summed E-state index contributed by atoms with van der Waals surface area (Å²) < 4.78 is 10.7. The highest BCUT2D eigenvalue weighted by atomic mass is 16.5. The molecule has 0 radical (unpaired) electrons. The Bertz CT molecular complexity index is 3580. The van der Waals surface area contributed by atoms with Crippen LogP contribution in [-0.4, -0.2) is 26.6 Å². The van der Waals surface area contributed by atoms with Crippen LogP contribution in [0.15, 0.2) is 183 Å². The zero-order chi connectivity index (χ0) is 45.6. The van der Waals surface area contributed by atoms with Gasteiger partial charge in [0.05, 0.1) is 23.7 Å². The molecule has 7 aromatic carbocycles. The summed E-state index contributed by atoms with van der Waals surface area (Å²) in [7, 11) is 1.75. The van der Waals surface area contributed by atoms with Crippen LogP contribution in [0.5, 0.6) is 5.75 Å². The molecule has 67 heavy (non-hydrogen) atoms. The molecular formula is C61H50N5O+. The van der Waals surface area contributed by atoms with Crippen molar-refractivity contribution in [2.75, 3.05) is 7.11 Å². The number of rotatable bonds is 8. The number of hydrogen-bond donors (Lipinski definition) is 0. The second-order valence-electron chi connectivity index (χ2n) is 18.6. The van der Waals surface area contributed by atoms with Crippen LogP contribution in [-0.2, 0) is 11.0 Å². The quantitative estimate of drug-likeness (QED) is 0.143. The highest BCUT2D eigenvalue weighted by Crippen LogP contribution is 2.51. The number of allylic oxidation sites excluding steroid dienone is 1. The number of hydrogen-bond acceptors (Lipinski definition) is 4. The van der Waals surface area contributed by atoms with E-state index >= 15 is 0 Å². The van der Waals surface area contributed by atoms with Gasteiger partial charge in [-0.25, -0.2) is 4.98 Å². The summed E-state index contributed by atoms with van der Waals surface area (Å²) in [6.07, 6.45) is 4.17. The standard InChI is InChI=1S/C61H50N5O/c1-7-61(8-2)38(3)46-28-26-41(34-49(46)54-25-17-18-30-65(54)61)43-31-44(33-45(32-43)67-6)42-27-29-55-50(35-42)51-36-48-47-23-15-16-24-52(47)60(4,5)53(48)37-56(51)66(55)59-63-57(39-19-11-9-12-20-39)62-58(64-59)40-21-13-10-14-22-40/h9-37H,3,7-8H2,1-2,4-6H3/q+1. The summed E-state index contributed by atoms with van der Waals surface area (Å²) in [5.74, 6) is 2.61. The van der Waals surface area contributed by atoms with Gasteiger partial charge >= 0.3 is 0 Å². The maximum Gasteiger partial charge on any atom is 0.238 e. The molecule has 0 fully saturated rings. The summed E-state index contributed by atoms with van der Waals surface area (Å²) in [6.45, 7) is 13.9. The van der Waals surface area contributed by atoms with Crippen molar-refractivity contribution < 1.29 is 9.30 Å². The average Bonchev–Trinajstić information content (AvgIpc) is 3.82. The van der Waals surface area contributed by atoms with E-state index < -0.39 is 0 Å². The molecule has 0 bridgehead atoms. The van der Waals surface area contributed by atoms with Gasteiger partial charge in [-0.1, -0.05) is 137 Å². The fourth-order valence-electron chi connectivity index (χ4n) is 11.2. The van der Waals surface area contributed by atoms with Gasteiger partial charge in [0, 0.05) is 57.9 Å². The summed E-state index contributed by atoms with van der Waals surface area (Å²) in [4.78, 5) is 15.6. The molecule has 0 unspecified atom stereocenters. The minimum Gasteiger partial charge on any atom is -0.497 e. The summed E-state index contributed by atoms with van der Waals surface area (Å²) >= 11 is 0. The number of nitrogens with zero attached hydrogens (tertiary/aromatic N) is 5. The van der Waals surface area contributed by atoms with Crippen LogP contribution in [0.3, 0.4) is 0 Å². The molecular weight excluding hydrogens is 819 g/mol. The zero-order valence-corrected chi connectivity index (χ0v) is 38.5. The van der Waals surface area contributed by atoms with E-state index in [2.05, 4.69) is 176 Å². The fourth-order valence-corrected chi connectivity index (χ4v) is 11.2. The molecule has 0 N–H and O–H groups in total. The first kappa shape index (κ1) is 40.5. The average molecular weight is 869 g/mol. The second kappa shape index (κ2) is 15.3. The van der Waals surface area contributed by atoms with Gasteiger partial charge in [-0.2, -0.15) is 14.5 Å². The first-order valence-electron chi connectivity index (χ1n) is 23.4. The largest absolute Gasteiger partial charge is 0.497 e. The van der Waals surface area contributed by atoms with Gasteiger partial charge in [-0.15, -0.1) is 0 Å². The van der Waals surface area contributed by atoms with Gasteiger partial charge in [0.15, 0.2) is 23.4 Å². The van der Waals surface area contributed by atoms with Crippen LogP contribution in [0.2, 0.25) is 0 Å². The van der Waals surface area contributed by atoms with E-state index in [0.29, 0.717) is 17.6 Å². The lowest BCUT2D eigenvalue weighted by Gasteiger charge is -2.34. The number of methoxy groups -OCH3 is 1. The molecule has 1 aliphatic carbocycles. The van der Waals surface area contributed by atoms with Crippen LogP contribution < -0.4 is 9.30 Å². The second-order valence-corrected chi connectivity index (χ2v) is 18.6. The van der Waals surface area contributed by atoms with Gasteiger partial charge in [-0.3, -0.25) is 4.57 Å². The van der Waals surface area contributed by atoms with E-state index in [1.54, 1.807) is 7.11 Å². The van der Waals surface area contributed by atoms with Crippen LogP contribution in [0.25, 0.3) is 101 Å². The van der Waals surface area contributed by atoms with E-state index in [0.717, 1.165) is 73.8 Å². The maximum absolute atomic E-state index is 6.05. The Hall–Kier alpha value is -7.96. The molecule has 6 heteroatoms. The smallest absolute Gasteiger partial charge is 0.238 e. The topological polar surface area (TPSA) is 56.7 Å². The Morgan fingerprint density at radius 3 is 1.84 bits per heavy atom. The Morgan fingerprint density at radius 1 is 0.522 bits per heavy atom. The molecule has 0 saturated heterocycles. The van der Waals surface area contributed by atoms with Crippen LogP contribution in [0.1, 0.15) is 57.2 Å². The van der Waals surface area contributed by atoms with Gasteiger partial charge < -0.3 is 4.74 Å². The Labute approximate surface area is 391 Å². The molecule has 6 nitrogen and oxygen atoms in total. The van der Waals surface area contributed by atoms with Gasteiger partial charge in [0.25, 0.3) is 0 Å². The highest BCUT2D eigenvalue weighted by Gasteiger charge is 2.46. The van der Waals surface area contributed by atoms with Crippen LogP contribution in [0.4, 0.5) is 0 Å². The lowest BCUT2D eigenvalue weighted by atomic mass is 9.75. The first-order chi connectivity index (χ1) is 32.7. The number of fused-ring (bicyclic) bond motifs is 9. The monoisotopic (exact) mass is 868 g/mol.